The average molecular weight is 378 g/mol. The van der Waals surface area contributed by atoms with Gasteiger partial charge in [-0.2, -0.15) is 11.8 Å². The summed E-state index contributed by atoms with van der Waals surface area (Å²) >= 11 is 1.66. The minimum atomic E-state index is -0.627. The van der Waals surface area contributed by atoms with Gasteiger partial charge in [0, 0.05) is 13.1 Å². The van der Waals surface area contributed by atoms with Gasteiger partial charge in [0.1, 0.15) is 6.04 Å². The molecule has 1 heterocycles. The fourth-order valence-corrected chi connectivity index (χ4v) is 3.92. The third-order valence-electron chi connectivity index (χ3n) is 5.11. The van der Waals surface area contributed by atoms with Gasteiger partial charge in [-0.3, -0.25) is 4.79 Å². The molecule has 1 atom stereocenters. The smallest absolute Gasteiger partial charge is 0.312 e. The molecule has 6 heteroatoms. The van der Waals surface area contributed by atoms with E-state index in [2.05, 4.69) is 36.5 Å². The standard InChI is InChI=1S/C20H31N3O2S/c1-15-3-5-16(6-4-15)7-8-17-9-12-23(13-10-17)19(24)18(11-14-26-2)22-20(21)25/h3-6,17-18H,7-14H2,1-2H3,(H3,21,22,25). The first-order chi connectivity index (χ1) is 12.5. The summed E-state index contributed by atoms with van der Waals surface area (Å²) in [6.07, 6.45) is 6.94. The SMILES string of the molecule is CSCCC(NC(N)=O)C(=O)N1CCC(CCc2ccc(C)cc2)CC1. The van der Waals surface area contributed by atoms with Crippen LogP contribution < -0.4 is 11.1 Å². The molecule has 0 radical (unpaired) electrons. The van der Waals surface area contributed by atoms with Gasteiger partial charge in [0.2, 0.25) is 5.91 Å². The Kier molecular flexibility index (Phi) is 8.29. The highest BCUT2D eigenvalue weighted by atomic mass is 32.2. The number of piperidine rings is 1. The predicted molar refractivity (Wildman–Crippen MR) is 108 cm³/mol. The van der Waals surface area contributed by atoms with E-state index in [1.807, 2.05) is 11.2 Å². The van der Waals surface area contributed by atoms with Gasteiger partial charge < -0.3 is 16.0 Å². The van der Waals surface area contributed by atoms with Crippen molar-refractivity contribution in [3.05, 3.63) is 35.4 Å². The number of rotatable bonds is 8. The number of hydrogen-bond donors (Lipinski definition) is 2. The molecule has 144 valence electrons. The van der Waals surface area contributed by atoms with Gasteiger partial charge >= 0.3 is 6.03 Å². The molecule has 1 saturated heterocycles. The molecular formula is C20H31N3O2S. The molecule has 1 fully saturated rings. The third-order valence-corrected chi connectivity index (χ3v) is 5.76. The van der Waals surface area contributed by atoms with E-state index in [9.17, 15) is 9.59 Å². The molecule has 0 spiro atoms. The van der Waals surface area contributed by atoms with Crippen LogP contribution in [0.1, 0.15) is 36.8 Å². The molecule has 1 unspecified atom stereocenters. The Balaban J connectivity index is 1.79. The zero-order valence-electron chi connectivity index (χ0n) is 15.9. The maximum absolute atomic E-state index is 12.7. The van der Waals surface area contributed by atoms with E-state index in [0.29, 0.717) is 12.3 Å². The van der Waals surface area contributed by atoms with Crippen LogP contribution in [0.3, 0.4) is 0 Å². The van der Waals surface area contributed by atoms with E-state index >= 15 is 0 Å². The number of nitrogens with zero attached hydrogens (tertiary/aromatic N) is 1. The molecule has 3 N–H and O–H groups in total. The third kappa shape index (κ3) is 6.56. The zero-order chi connectivity index (χ0) is 18.9. The summed E-state index contributed by atoms with van der Waals surface area (Å²) in [5.74, 6) is 1.49. The van der Waals surface area contributed by atoms with Crippen molar-refractivity contribution in [1.29, 1.82) is 0 Å². The number of nitrogens with one attached hydrogen (secondary N) is 1. The minimum absolute atomic E-state index is 0.00911. The lowest BCUT2D eigenvalue weighted by Crippen LogP contribution is -2.52. The molecular weight excluding hydrogens is 346 g/mol. The first-order valence-electron chi connectivity index (χ1n) is 9.39. The number of hydrogen-bond acceptors (Lipinski definition) is 3. The van der Waals surface area contributed by atoms with Crippen molar-refractivity contribution in [3.63, 3.8) is 0 Å². The second-order valence-electron chi connectivity index (χ2n) is 7.14. The predicted octanol–water partition coefficient (Wildman–Crippen LogP) is 2.96. The molecule has 2 rings (SSSR count). The topological polar surface area (TPSA) is 75.4 Å². The van der Waals surface area contributed by atoms with Crippen molar-refractivity contribution < 1.29 is 9.59 Å². The Bertz CT molecular complexity index is 583. The van der Waals surface area contributed by atoms with Gasteiger partial charge in [-0.25, -0.2) is 4.79 Å². The highest BCUT2D eigenvalue weighted by molar-refractivity contribution is 7.98. The van der Waals surface area contributed by atoms with Gasteiger partial charge in [0.15, 0.2) is 0 Å². The van der Waals surface area contributed by atoms with E-state index in [-0.39, 0.29) is 5.91 Å². The summed E-state index contributed by atoms with van der Waals surface area (Å²) in [7, 11) is 0. The van der Waals surface area contributed by atoms with Crippen molar-refractivity contribution in [2.75, 3.05) is 25.1 Å². The number of aryl methyl sites for hydroxylation is 2. The maximum Gasteiger partial charge on any atom is 0.312 e. The van der Waals surface area contributed by atoms with Crippen LogP contribution in [0.15, 0.2) is 24.3 Å². The maximum atomic E-state index is 12.7. The van der Waals surface area contributed by atoms with Crippen molar-refractivity contribution in [1.82, 2.24) is 10.2 Å². The number of likely N-dealkylation sites (tertiary alicyclic amines) is 1. The summed E-state index contributed by atoms with van der Waals surface area (Å²) in [4.78, 5) is 25.8. The van der Waals surface area contributed by atoms with Crippen LogP contribution in [0.25, 0.3) is 0 Å². The normalized spacial score (nSPS) is 16.3. The number of amides is 3. The highest BCUT2D eigenvalue weighted by Crippen LogP contribution is 2.23. The molecule has 0 bridgehead atoms. The highest BCUT2D eigenvalue weighted by Gasteiger charge is 2.28. The summed E-state index contributed by atoms with van der Waals surface area (Å²) in [5, 5.41) is 2.61. The summed E-state index contributed by atoms with van der Waals surface area (Å²) in [5.41, 5.74) is 7.91. The Morgan fingerprint density at radius 3 is 2.50 bits per heavy atom. The number of nitrogens with two attached hydrogens (primary N) is 1. The molecule has 5 nitrogen and oxygen atoms in total. The van der Waals surface area contributed by atoms with Crippen molar-refractivity contribution in [2.45, 2.75) is 45.1 Å². The van der Waals surface area contributed by atoms with E-state index in [1.54, 1.807) is 11.8 Å². The van der Waals surface area contributed by atoms with Gasteiger partial charge in [0.05, 0.1) is 0 Å². The van der Waals surface area contributed by atoms with Crippen LogP contribution >= 0.6 is 11.8 Å². The van der Waals surface area contributed by atoms with E-state index in [4.69, 9.17) is 5.73 Å². The van der Waals surface area contributed by atoms with E-state index in [0.717, 1.165) is 38.1 Å². The molecule has 0 aromatic heterocycles. The lowest BCUT2D eigenvalue weighted by molar-refractivity contribution is -0.134. The van der Waals surface area contributed by atoms with Crippen molar-refractivity contribution >= 4 is 23.7 Å². The largest absolute Gasteiger partial charge is 0.352 e. The first-order valence-corrected chi connectivity index (χ1v) is 10.8. The quantitative estimate of drug-likeness (QED) is 0.731. The Hall–Kier alpha value is -1.69. The fourth-order valence-electron chi connectivity index (χ4n) is 3.45. The van der Waals surface area contributed by atoms with Crippen LogP contribution in [0, 0.1) is 12.8 Å². The Labute approximate surface area is 161 Å². The van der Waals surface area contributed by atoms with Gasteiger partial charge in [-0.1, -0.05) is 29.8 Å². The van der Waals surface area contributed by atoms with Crippen LogP contribution in [0.2, 0.25) is 0 Å². The number of carbonyl (C=O) groups excluding carboxylic acids is 2. The van der Waals surface area contributed by atoms with Gasteiger partial charge in [-0.15, -0.1) is 0 Å². The molecule has 1 aromatic rings. The van der Waals surface area contributed by atoms with Crippen LogP contribution in [-0.2, 0) is 11.2 Å². The summed E-state index contributed by atoms with van der Waals surface area (Å²) in [6.45, 7) is 3.65. The van der Waals surface area contributed by atoms with Gasteiger partial charge in [0.25, 0.3) is 0 Å². The van der Waals surface area contributed by atoms with Crippen LogP contribution in [0.5, 0.6) is 0 Å². The second-order valence-corrected chi connectivity index (χ2v) is 8.12. The Morgan fingerprint density at radius 2 is 1.92 bits per heavy atom. The fraction of sp³-hybridized carbons (Fsp3) is 0.600. The second kappa shape index (κ2) is 10.5. The number of primary amides is 1. The van der Waals surface area contributed by atoms with Crippen LogP contribution in [-0.4, -0.2) is 48.0 Å². The molecule has 1 aliphatic heterocycles. The number of thioether (sulfide) groups is 1. The van der Waals surface area contributed by atoms with Crippen LogP contribution in [0.4, 0.5) is 4.79 Å². The number of urea groups is 1. The van der Waals surface area contributed by atoms with E-state index in [1.165, 1.54) is 17.5 Å². The minimum Gasteiger partial charge on any atom is -0.352 e. The monoisotopic (exact) mass is 377 g/mol. The Morgan fingerprint density at radius 1 is 1.27 bits per heavy atom. The van der Waals surface area contributed by atoms with Gasteiger partial charge in [-0.05, 0) is 62.5 Å². The number of carbonyl (C=O) groups is 2. The zero-order valence-corrected chi connectivity index (χ0v) is 16.7. The summed E-state index contributed by atoms with van der Waals surface area (Å²) < 4.78 is 0. The average Bonchev–Trinajstić information content (AvgIpc) is 2.64. The summed E-state index contributed by atoms with van der Waals surface area (Å²) in [6, 6.07) is 7.62. The van der Waals surface area contributed by atoms with Crippen molar-refractivity contribution in [2.24, 2.45) is 11.7 Å². The molecule has 3 amide bonds. The lowest BCUT2D eigenvalue weighted by Gasteiger charge is -2.34. The molecule has 0 aliphatic carbocycles. The lowest BCUT2D eigenvalue weighted by atomic mass is 9.90. The number of benzene rings is 1. The van der Waals surface area contributed by atoms with Crippen molar-refractivity contribution in [3.8, 4) is 0 Å². The molecule has 0 saturated carbocycles. The molecule has 26 heavy (non-hydrogen) atoms. The molecule has 1 aliphatic rings. The van der Waals surface area contributed by atoms with E-state index < -0.39 is 12.1 Å². The first kappa shape index (κ1) is 20.6. The molecule has 1 aromatic carbocycles.